The van der Waals surface area contributed by atoms with Crippen molar-refractivity contribution in [2.45, 2.75) is 6.92 Å². The van der Waals surface area contributed by atoms with Gasteiger partial charge in [-0.1, -0.05) is 0 Å². The number of nitrogens with zero attached hydrogens (tertiary/aromatic N) is 4. The first-order valence-corrected chi connectivity index (χ1v) is 5.89. The second kappa shape index (κ2) is 5.18. The molecule has 1 aromatic rings. The molecule has 0 radical (unpaired) electrons. The van der Waals surface area contributed by atoms with Crippen molar-refractivity contribution in [3.63, 3.8) is 0 Å². The lowest BCUT2D eigenvalue weighted by atomic mass is 10.3. The number of likely N-dealkylation sites (N-methyl/N-ethyl adjacent to an activating group) is 1. The topological polar surface area (TPSA) is 67.5 Å². The molecule has 0 atom stereocenters. The standard InChI is InChI=1S/C11H19N5O/c1-3-17-11-9(12)10(13-8-14-11)16-6-4-15(2)5-7-16/h8H,3-7,12H2,1-2H3. The molecule has 2 N–H and O–H groups in total. The van der Waals surface area contributed by atoms with Gasteiger partial charge in [0.05, 0.1) is 6.61 Å². The summed E-state index contributed by atoms with van der Waals surface area (Å²) in [6.45, 7) is 6.38. The van der Waals surface area contributed by atoms with Crippen LogP contribution in [-0.2, 0) is 0 Å². The van der Waals surface area contributed by atoms with E-state index in [1.54, 1.807) is 0 Å². The molecule has 6 heteroatoms. The maximum atomic E-state index is 6.03. The number of hydrogen-bond donors (Lipinski definition) is 1. The smallest absolute Gasteiger partial charge is 0.242 e. The molecule has 1 fully saturated rings. The molecule has 0 aromatic carbocycles. The van der Waals surface area contributed by atoms with Crippen LogP contribution in [0.1, 0.15) is 6.92 Å². The van der Waals surface area contributed by atoms with E-state index >= 15 is 0 Å². The third kappa shape index (κ3) is 2.58. The second-order valence-electron chi connectivity index (χ2n) is 4.14. The van der Waals surface area contributed by atoms with Gasteiger partial charge in [0.1, 0.15) is 12.0 Å². The van der Waals surface area contributed by atoms with Crippen molar-refractivity contribution in [2.75, 3.05) is 50.5 Å². The quantitative estimate of drug-likeness (QED) is 0.810. The maximum absolute atomic E-state index is 6.03. The van der Waals surface area contributed by atoms with Crippen molar-refractivity contribution in [3.8, 4) is 5.88 Å². The Morgan fingerprint density at radius 3 is 2.65 bits per heavy atom. The summed E-state index contributed by atoms with van der Waals surface area (Å²) in [5.41, 5.74) is 6.57. The van der Waals surface area contributed by atoms with E-state index < -0.39 is 0 Å². The summed E-state index contributed by atoms with van der Waals surface area (Å²) in [6.07, 6.45) is 1.51. The Labute approximate surface area is 101 Å². The Bertz CT molecular complexity index is 376. The van der Waals surface area contributed by atoms with Crippen molar-refractivity contribution in [1.82, 2.24) is 14.9 Å². The van der Waals surface area contributed by atoms with Crippen LogP contribution in [0, 0.1) is 0 Å². The fourth-order valence-electron chi connectivity index (χ4n) is 1.89. The van der Waals surface area contributed by atoms with Crippen LogP contribution in [0.2, 0.25) is 0 Å². The van der Waals surface area contributed by atoms with Gasteiger partial charge in [-0.3, -0.25) is 0 Å². The SMILES string of the molecule is CCOc1ncnc(N2CCN(C)CC2)c1N. The van der Waals surface area contributed by atoms with Crippen molar-refractivity contribution in [2.24, 2.45) is 0 Å². The molecule has 0 amide bonds. The van der Waals surface area contributed by atoms with E-state index in [9.17, 15) is 0 Å². The first-order valence-electron chi connectivity index (χ1n) is 5.89. The van der Waals surface area contributed by atoms with Gasteiger partial charge in [-0.05, 0) is 14.0 Å². The van der Waals surface area contributed by atoms with Crippen molar-refractivity contribution in [1.29, 1.82) is 0 Å². The van der Waals surface area contributed by atoms with E-state index in [-0.39, 0.29) is 0 Å². The van der Waals surface area contributed by atoms with Crippen LogP contribution >= 0.6 is 0 Å². The molecule has 6 nitrogen and oxygen atoms in total. The molecule has 0 aliphatic carbocycles. The van der Waals surface area contributed by atoms with Gasteiger partial charge in [-0.25, -0.2) is 4.98 Å². The number of ether oxygens (including phenoxy) is 1. The summed E-state index contributed by atoms with van der Waals surface area (Å²) in [5, 5.41) is 0. The normalized spacial score (nSPS) is 17.2. The van der Waals surface area contributed by atoms with Gasteiger partial charge in [0, 0.05) is 26.2 Å². The van der Waals surface area contributed by atoms with Gasteiger partial charge in [0.2, 0.25) is 5.88 Å². The molecule has 0 unspecified atom stereocenters. The highest BCUT2D eigenvalue weighted by molar-refractivity contribution is 5.67. The Kier molecular flexibility index (Phi) is 3.63. The zero-order valence-electron chi connectivity index (χ0n) is 10.4. The number of rotatable bonds is 3. The van der Waals surface area contributed by atoms with Crippen LogP contribution in [0.4, 0.5) is 11.5 Å². The van der Waals surface area contributed by atoms with Gasteiger partial charge in [-0.2, -0.15) is 4.98 Å². The largest absolute Gasteiger partial charge is 0.476 e. The fraction of sp³-hybridized carbons (Fsp3) is 0.636. The molecule has 2 rings (SSSR count). The van der Waals surface area contributed by atoms with Crippen LogP contribution in [0.5, 0.6) is 5.88 Å². The summed E-state index contributed by atoms with van der Waals surface area (Å²) in [7, 11) is 2.12. The van der Waals surface area contributed by atoms with Gasteiger partial charge < -0.3 is 20.3 Å². The minimum atomic E-state index is 0.483. The number of piperazine rings is 1. The Hall–Kier alpha value is -1.56. The minimum Gasteiger partial charge on any atom is -0.476 e. The molecule has 1 aromatic heterocycles. The summed E-state index contributed by atoms with van der Waals surface area (Å²) in [4.78, 5) is 12.8. The highest BCUT2D eigenvalue weighted by atomic mass is 16.5. The van der Waals surface area contributed by atoms with Crippen LogP contribution in [0.15, 0.2) is 6.33 Å². The molecule has 0 saturated carbocycles. The molecule has 1 saturated heterocycles. The Morgan fingerprint density at radius 1 is 1.29 bits per heavy atom. The van der Waals surface area contributed by atoms with E-state index in [1.807, 2.05) is 6.92 Å². The highest BCUT2D eigenvalue weighted by Crippen LogP contribution is 2.28. The van der Waals surface area contributed by atoms with E-state index in [2.05, 4.69) is 26.8 Å². The maximum Gasteiger partial charge on any atom is 0.242 e. The van der Waals surface area contributed by atoms with E-state index in [4.69, 9.17) is 10.5 Å². The lowest BCUT2D eigenvalue weighted by Gasteiger charge is -2.33. The van der Waals surface area contributed by atoms with Gasteiger partial charge in [0.15, 0.2) is 5.82 Å². The van der Waals surface area contributed by atoms with Gasteiger partial charge in [-0.15, -0.1) is 0 Å². The number of anilines is 2. The number of hydrogen-bond acceptors (Lipinski definition) is 6. The summed E-state index contributed by atoms with van der Waals surface area (Å²) in [5.74, 6) is 1.27. The molecule has 1 aliphatic rings. The minimum absolute atomic E-state index is 0.483. The molecule has 0 bridgehead atoms. The summed E-state index contributed by atoms with van der Waals surface area (Å²) < 4.78 is 5.38. The monoisotopic (exact) mass is 237 g/mol. The number of nitrogen functional groups attached to an aromatic ring is 1. The van der Waals surface area contributed by atoms with Crippen LogP contribution in [0.3, 0.4) is 0 Å². The fourth-order valence-corrected chi connectivity index (χ4v) is 1.89. The Balaban J connectivity index is 2.17. The van der Waals surface area contributed by atoms with E-state index in [0.717, 1.165) is 32.0 Å². The highest BCUT2D eigenvalue weighted by Gasteiger charge is 2.19. The van der Waals surface area contributed by atoms with E-state index in [1.165, 1.54) is 6.33 Å². The second-order valence-corrected chi connectivity index (χ2v) is 4.14. The third-order valence-electron chi connectivity index (χ3n) is 2.91. The number of aromatic nitrogens is 2. The molecular weight excluding hydrogens is 218 g/mol. The number of nitrogens with two attached hydrogens (primary N) is 1. The predicted molar refractivity (Wildman–Crippen MR) is 67.3 cm³/mol. The van der Waals surface area contributed by atoms with Crippen molar-refractivity contribution in [3.05, 3.63) is 6.33 Å². The first kappa shape index (κ1) is 11.9. The third-order valence-corrected chi connectivity index (χ3v) is 2.91. The molecule has 17 heavy (non-hydrogen) atoms. The lowest BCUT2D eigenvalue weighted by molar-refractivity contribution is 0.310. The molecule has 94 valence electrons. The first-order chi connectivity index (χ1) is 8.22. The zero-order chi connectivity index (χ0) is 12.3. The molecule has 2 heterocycles. The average Bonchev–Trinajstić information content (AvgIpc) is 2.34. The molecule has 1 aliphatic heterocycles. The summed E-state index contributed by atoms with van der Waals surface area (Å²) in [6, 6.07) is 0. The van der Waals surface area contributed by atoms with Crippen LogP contribution < -0.4 is 15.4 Å². The molecule has 0 spiro atoms. The average molecular weight is 237 g/mol. The van der Waals surface area contributed by atoms with Crippen molar-refractivity contribution >= 4 is 11.5 Å². The lowest BCUT2D eigenvalue weighted by Crippen LogP contribution is -2.45. The van der Waals surface area contributed by atoms with Gasteiger partial charge in [0.25, 0.3) is 0 Å². The molecular formula is C11H19N5O. The van der Waals surface area contributed by atoms with Crippen molar-refractivity contribution < 1.29 is 4.74 Å². The van der Waals surface area contributed by atoms with Crippen LogP contribution in [-0.4, -0.2) is 54.7 Å². The summed E-state index contributed by atoms with van der Waals surface area (Å²) >= 11 is 0. The van der Waals surface area contributed by atoms with Gasteiger partial charge >= 0.3 is 0 Å². The predicted octanol–water partition coefficient (Wildman–Crippen LogP) is 0.209. The zero-order valence-corrected chi connectivity index (χ0v) is 10.4. The van der Waals surface area contributed by atoms with E-state index in [0.29, 0.717) is 18.2 Å². The van der Waals surface area contributed by atoms with Crippen LogP contribution in [0.25, 0.3) is 0 Å². The Morgan fingerprint density at radius 2 is 2.00 bits per heavy atom.